The number of alkyl halides is 1. The maximum Gasteiger partial charge on any atom is 0.286 e. The quantitative estimate of drug-likeness (QED) is 0.434. The number of aromatic nitrogens is 2. The standard InChI is InChI=1S/C8H6ClN3O2/c9-3-6-4-11-5-7(12(13)14)1-2-8(11)10-6/h1-2,4-5H,3H2. The predicted molar refractivity (Wildman–Crippen MR) is 51.4 cm³/mol. The molecular formula is C8H6ClN3O2. The van der Waals surface area contributed by atoms with Gasteiger partial charge in [-0.3, -0.25) is 14.5 Å². The van der Waals surface area contributed by atoms with Gasteiger partial charge in [0, 0.05) is 12.3 Å². The van der Waals surface area contributed by atoms with Crippen molar-refractivity contribution >= 4 is 22.9 Å². The molecule has 0 amide bonds. The highest BCUT2D eigenvalue weighted by molar-refractivity contribution is 6.16. The topological polar surface area (TPSA) is 60.4 Å². The lowest BCUT2D eigenvalue weighted by molar-refractivity contribution is -0.385. The van der Waals surface area contributed by atoms with E-state index in [1.807, 2.05) is 0 Å². The third-order valence-corrected chi connectivity index (χ3v) is 2.11. The number of fused-ring (bicyclic) bond motifs is 1. The minimum atomic E-state index is -0.445. The monoisotopic (exact) mass is 211 g/mol. The summed E-state index contributed by atoms with van der Waals surface area (Å²) in [5.74, 6) is 0.301. The van der Waals surface area contributed by atoms with Crippen LogP contribution in [0.15, 0.2) is 24.5 Å². The Morgan fingerprint density at radius 2 is 2.29 bits per heavy atom. The summed E-state index contributed by atoms with van der Waals surface area (Å²) in [5.41, 5.74) is 1.40. The van der Waals surface area contributed by atoms with Crippen molar-refractivity contribution in [1.29, 1.82) is 0 Å². The zero-order valence-corrected chi connectivity index (χ0v) is 7.81. The molecule has 0 N–H and O–H groups in total. The van der Waals surface area contributed by atoms with Crippen molar-refractivity contribution in [2.75, 3.05) is 0 Å². The van der Waals surface area contributed by atoms with Gasteiger partial charge in [-0.2, -0.15) is 0 Å². The van der Waals surface area contributed by atoms with Crippen molar-refractivity contribution in [3.8, 4) is 0 Å². The van der Waals surface area contributed by atoms with E-state index in [-0.39, 0.29) is 5.69 Å². The third kappa shape index (κ3) is 1.42. The molecule has 72 valence electrons. The van der Waals surface area contributed by atoms with Gasteiger partial charge in [0.05, 0.1) is 22.7 Å². The molecule has 0 saturated heterocycles. The molecule has 0 aliphatic heterocycles. The second kappa shape index (κ2) is 3.26. The van der Waals surface area contributed by atoms with E-state index < -0.39 is 4.92 Å². The molecule has 2 heterocycles. The molecule has 0 unspecified atom stereocenters. The summed E-state index contributed by atoms with van der Waals surface area (Å²) in [5, 5.41) is 10.5. The first kappa shape index (κ1) is 8.96. The second-order valence-corrected chi connectivity index (χ2v) is 3.04. The molecule has 5 nitrogen and oxygen atoms in total. The minimum absolute atomic E-state index is 0.0380. The number of hydrogen-bond donors (Lipinski definition) is 0. The van der Waals surface area contributed by atoms with E-state index in [9.17, 15) is 10.1 Å². The van der Waals surface area contributed by atoms with Gasteiger partial charge in [0.15, 0.2) is 0 Å². The van der Waals surface area contributed by atoms with E-state index in [1.54, 1.807) is 16.7 Å². The molecular weight excluding hydrogens is 206 g/mol. The summed E-state index contributed by atoms with van der Waals surface area (Å²) in [6.45, 7) is 0. The molecule has 0 saturated carbocycles. The van der Waals surface area contributed by atoms with Crippen molar-refractivity contribution in [2.45, 2.75) is 5.88 Å². The van der Waals surface area contributed by atoms with Gasteiger partial charge in [0.1, 0.15) is 5.65 Å². The van der Waals surface area contributed by atoms with E-state index in [0.29, 0.717) is 17.2 Å². The van der Waals surface area contributed by atoms with Crippen molar-refractivity contribution in [1.82, 2.24) is 9.38 Å². The largest absolute Gasteiger partial charge is 0.300 e. The Morgan fingerprint density at radius 1 is 1.50 bits per heavy atom. The molecule has 0 atom stereocenters. The predicted octanol–water partition coefficient (Wildman–Crippen LogP) is 1.98. The molecule has 2 aromatic rings. The number of nitro groups is 1. The van der Waals surface area contributed by atoms with Gasteiger partial charge in [-0.1, -0.05) is 0 Å². The zero-order chi connectivity index (χ0) is 10.1. The molecule has 0 aliphatic carbocycles. The zero-order valence-electron chi connectivity index (χ0n) is 7.05. The maximum absolute atomic E-state index is 10.5. The van der Waals surface area contributed by atoms with Crippen LogP contribution < -0.4 is 0 Å². The molecule has 6 heteroatoms. The summed E-state index contributed by atoms with van der Waals surface area (Å²) in [6.07, 6.45) is 3.09. The maximum atomic E-state index is 10.5. The van der Waals surface area contributed by atoms with Crippen LogP contribution in [0.1, 0.15) is 5.69 Å². The molecule has 0 radical (unpaired) electrons. The highest BCUT2D eigenvalue weighted by Gasteiger charge is 2.07. The fourth-order valence-electron chi connectivity index (χ4n) is 1.20. The average molecular weight is 212 g/mol. The third-order valence-electron chi connectivity index (χ3n) is 1.83. The van der Waals surface area contributed by atoms with Gasteiger partial charge in [-0.25, -0.2) is 4.98 Å². The van der Waals surface area contributed by atoms with Crippen LogP contribution in [0.4, 0.5) is 5.69 Å². The Morgan fingerprint density at radius 3 is 2.93 bits per heavy atom. The minimum Gasteiger partial charge on any atom is -0.300 e. The fourth-order valence-corrected chi connectivity index (χ4v) is 1.33. The van der Waals surface area contributed by atoms with Crippen LogP contribution in [0.3, 0.4) is 0 Å². The smallest absolute Gasteiger partial charge is 0.286 e. The highest BCUT2D eigenvalue weighted by atomic mass is 35.5. The molecule has 0 bridgehead atoms. The normalized spacial score (nSPS) is 10.6. The van der Waals surface area contributed by atoms with Gasteiger partial charge in [-0.15, -0.1) is 11.6 Å². The van der Waals surface area contributed by atoms with Crippen molar-refractivity contribution in [3.05, 3.63) is 40.3 Å². The Hall–Kier alpha value is -1.62. The number of pyridine rings is 1. The number of rotatable bonds is 2. The molecule has 0 spiro atoms. The molecule has 0 aromatic carbocycles. The number of imidazole rings is 1. The van der Waals surface area contributed by atoms with E-state index in [2.05, 4.69) is 4.98 Å². The van der Waals surface area contributed by atoms with Crippen LogP contribution >= 0.6 is 11.6 Å². The lowest BCUT2D eigenvalue weighted by Crippen LogP contribution is -1.90. The van der Waals surface area contributed by atoms with Crippen LogP contribution in [0.25, 0.3) is 5.65 Å². The highest BCUT2D eigenvalue weighted by Crippen LogP contribution is 2.14. The second-order valence-electron chi connectivity index (χ2n) is 2.78. The fraction of sp³-hybridized carbons (Fsp3) is 0.125. The first-order chi connectivity index (χ1) is 6.70. The summed E-state index contributed by atoms with van der Waals surface area (Å²) in [7, 11) is 0. The van der Waals surface area contributed by atoms with Gasteiger partial charge in [0.25, 0.3) is 5.69 Å². The summed E-state index contributed by atoms with van der Waals surface area (Å²) >= 11 is 5.59. The number of nitrogens with zero attached hydrogens (tertiary/aromatic N) is 3. The van der Waals surface area contributed by atoms with Crippen molar-refractivity contribution in [2.24, 2.45) is 0 Å². The van der Waals surface area contributed by atoms with Crippen LogP contribution in [0, 0.1) is 10.1 Å². The Labute approximate surface area is 84.1 Å². The average Bonchev–Trinajstić information content (AvgIpc) is 2.58. The van der Waals surface area contributed by atoms with Crippen LogP contribution in [0.2, 0.25) is 0 Å². The summed E-state index contributed by atoms with van der Waals surface area (Å²) in [4.78, 5) is 14.2. The van der Waals surface area contributed by atoms with Crippen LogP contribution in [0.5, 0.6) is 0 Å². The molecule has 0 fully saturated rings. The summed E-state index contributed by atoms with van der Waals surface area (Å²) < 4.78 is 1.59. The molecule has 2 rings (SSSR count). The van der Waals surface area contributed by atoms with Gasteiger partial charge < -0.3 is 0 Å². The van der Waals surface area contributed by atoms with Crippen molar-refractivity contribution in [3.63, 3.8) is 0 Å². The lowest BCUT2D eigenvalue weighted by atomic mass is 10.4. The molecule has 14 heavy (non-hydrogen) atoms. The first-order valence-corrected chi connectivity index (χ1v) is 4.42. The molecule has 0 aliphatic rings. The van der Waals surface area contributed by atoms with E-state index in [1.165, 1.54) is 12.3 Å². The van der Waals surface area contributed by atoms with Gasteiger partial charge >= 0.3 is 0 Å². The number of hydrogen-bond acceptors (Lipinski definition) is 3. The van der Waals surface area contributed by atoms with Crippen molar-refractivity contribution < 1.29 is 4.92 Å². The Balaban J connectivity index is 2.59. The van der Waals surface area contributed by atoms with Gasteiger partial charge in [-0.05, 0) is 6.07 Å². The lowest BCUT2D eigenvalue weighted by Gasteiger charge is -1.92. The van der Waals surface area contributed by atoms with Gasteiger partial charge in [0.2, 0.25) is 0 Å². The SMILES string of the molecule is O=[N+]([O-])c1ccc2nc(CCl)cn2c1. The number of halogens is 1. The van der Waals surface area contributed by atoms with E-state index in [4.69, 9.17) is 11.6 Å². The van der Waals surface area contributed by atoms with Crippen LogP contribution in [-0.4, -0.2) is 14.3 Å². The first-order valence-electron chi connectivity index (χ1n) is 3.88. The molecule has 2 aromatic heterocycles. The van der Waals surface area contributed by atoms with E-state index in [0.717, 1.165) is 0 Å². The summed E-state index contributed by atoms with van der Waals surface area (Å²) in [6, 6.07) is 3.01. The Kier molecular flexibility index (Phi) is 2.09. The Bertz CT molecular complexity index is 494. The van der Waals surface area contributed by atoms with E-state index >= 15 is 0 Å². The van der Waals surface area contributed by atoms with Crippen LogP contribution in [-0.2, 0) is 5.88 Å².